The minimum Gasteiger partial charge on any atom is -0.387 e. The lowest BCUT2D eigenvalue weighted by molar-refractivity contribution is -0.144. The Bertz CT molecular complexity index is 458. The molecule has 0 radical (unpaired) electrons. The van der Waals surface area contributed by atoms with Gasteiger partial charge in [0, 0.05) is 12.8 Å². The number of hydrogen-bond donors (Lipinski definition) is 1. The molecule has 98 valence electrons. The van der Waals surface area contributed by atoms with Crippen LogP contribution < -0.4 is 5.73 Å². The van der Waals surface area contributed by atoms with E-state index in [2.05, 4.69) is 4.99 Å². The molecule has 1 aromatic carbocycles. The molecule has 1 aliphatic rings. The molecule has 6 heteroatoms. The second-order valence-corrected chi connectivity index (χ2v) is 4.24. The molecule has 1 unspecified atom stereocenters. The third kappa shape index (κ3) is 1.76. The molecule has 2 rings (SSSR count). The van der Waals surface area contributed by atoms with Crippen LogP contribution >= 0.6 is 0 Å². The number of nitrogens with zero attached hydrogens (tertiary/aromatic N) is 1. The molecule has 0 amide bonds. The molecular weight excluding hydrogens is 248 g/mol. The summed E-state index contributed by atoms with van der Waals surface area (Å²) in [7, 11) is 0. The summed E-state index contributed by atoms with van der Waals surface area (Å²) in [6, 6.07) is 6.87. The molecule has 2 N–H and O–H groups in total. The molecule has 0 aliphatic carbocycles. The van der Waals surface area contributed by atoms with Crippen molar-refractivity contribution in [2.24, 2.45) is 10.7 Å². The van der Waals surface area contributed by atoms with E-state index in [1.54, 1.807) is 6.07 Å². The van der Waals surface area contributed by atoms with Crippen LogP contribution in [-0.4, -0.2) is 18.2 Å². The van der Waals surface area contributed by atoms with Gasteiger partial charge in [0.15, 0.2) is 0 Å². The number of halogens is 4. The lowest BCUT2D eigenvalue weighted by Crippen LogP contribution is -2.53. The van der Waals surface area contributed by atoms with Crippen LogP contribution in [0.2, 0.25) is 0 Å². The van der Waals surface area contributed by atoms with Gasteiger partial charge in [-0.15, -0.1) is 0 Å². The third-order valence-electron chi connectivity index (χ3n) is 3.10. The quantitative estimate of drug-likeness (QED) is 0.816. The molecule has 0 spiro atoms. The summed E-state index contributed by atoms with van der Waals surface area (Å²) in [4.78, 5) is 3.43. The highest BCUT2D eigenvalue weighted by atomic mass is 19.3. The van der Waals surface area contributed by atoms with Gasteiger partial charge in [-0.05, 0) is 5.56 Å². The normalized spacial score (nSPS) is 27.1. The molecular formula is C12H12F4N2. The Morgan fingerprint density at radius 1 is 1.17 bits per heavy atom. The first-order valence-corrected chi connectivity index (χ1v) is 5.46. The molecule has 1 atom stereocenters. The van der Waals surface area contributed by atoms with E-state index in [0.29, 0.717) is 0 Å². The average molecular weight is 260 g/mol. The highest BCUT2D eigenvalue weighted by molar-refractivity contribution is 5.82. The van der Waals surface area contributed by atoms with Crippen molar-refractivity contribution in [1.82, 2.24) is 0 Å². The van der Waals surface area contributed by atoms with Gasteiger partial charge in [-0.2, -0.15) is 0 Å². The molecule has 0 bridgehead atoms. The molecule has 0 saturated carbocycles. The first-order chi connectivity index (χ1) is 8.40. The Morgan fingerprint density at radius 2 is 1.78 bits per heavy atom. The maximum atomic E-state index is 14.0. The van der Waals surface area contributed by atoms with Crippen molar-refractivity contribution in [2.75, 3.05) is 0 Å². The smallest absolute Gasteiger partial charge is 0.283 e. The number of hydrogen-bond acceptors (Lipinski definition) is 2. The van der Waals surface area contributed by atoms with Crippen LogP contribution in [0.5, 0.6) is 0 Å². The van der Waals surface area contributed by atoms with Crippen LogP contribution in [0.4, 0.5) is 17.6 Å². The van der Waals surface area contributed by atoms with Crippen molar-refractivity contribution in [3.05, 3.63) is 35.9 Å². The van der Waals surface area contributed by atoms with Gasteiger partial charge in [-0.1, -0.05) is 30.3 Å². The number of alkyl halides is 4. The van der Waals surface area contributed by atoms with Crippen molar-refractivity contribution in [3.63, 3.8) is 0 Å². The lowest BCUT2D eigenvalue weighted by Gasteiger charge is -2.39. The summed E-state index contributed by atoms with van der Waals surface area (Å²) in [6.07, 6.45) is -4.22. The Morgan fingerprint density at radius 3 is 2.33 bits per heavy atom. The number of amidine groups is 1. The monoisotopic (exact) mass is 260 g/mol. The number of benzene rings is 1. The Balaban J connectivity index is 2.66. The van der Waals surface area contributed by atoms with Crippen LogP contribution in [0, 0.1) is 0 Å². The summed E-state index contributed by atoms with van der Waals surface area (Å²) in [6.45, 7) is 0. The van der Waals surface area contributed by atoms with E-state index in [4.69, 9.17) is 5.73 Å². The average Bonchev–Trinajstić information content (AvgIpc) is 2.33. The first kappa shape index (κ1) is 12.9. The standard InChI is InChI=1S/C12H12F4N2/c13-10(14)12(8-4-2-1-3-5-8)11(15,16)7-6-9(17)18-12/h1-5,10H,6-7H2,(H2,17,18). The minimum atomic E-state index is -3.62. The van der Waals surface area contributed by atoms with Crippen molar-refractivity contribution in [1.29, 1.82) is 0 Å². The fourth-order valence-electron chi connectivity index (χ4n) is 2.14. The second kappa shape index (κ2) is 4.26. The fourth-order valence-corrected chi connectivity index (χ4v) is 2.14. The number of rotatable bonds is 2. The van der Waals surface area contributed by atoms with E-state index in [9.17, 15) is 17.6 Å². The summed E-state index contributed by atoms with van der Waals surface area (Å²) < 4.78 is 54.6. The van der Waals surface area contributed by atoms with Gasteiger partial charge in [-0.25, -0.2) is 22.6 Å². The van der Waals surface area contributed by atoms with E-state index in [0.717, 1.165) is 0 Å². The number of aliphatic imine (C=N–C) groups is 1. The van der Waals surface area contributed by atoms with Crippen LogP contribution in [0.1, 0.15) is 18.4 Å². The predicted molar refractivity (Wildman–Crippen MR) is 59.9 cm³/mol. The van der Waals surface area contributed by atoms with Crippen LogP contribution in [0.25, 0.3) is 0 Å². The van der Waals surface area contributed by atoms with Gasteiger partial charge in [0.2, 0.25) is 5.54 Å². The third-order valence-corrected chi connectivity index (χ3v) is 3.10. The van der Waals surface area contributed by atoms with Gasteiger partial charge >= 0.3 is 0 Å². The lowest BCUT2D eigenvalue weighted by atomic mass is 9.80. The van der Waals surface area contributed by atoms with Crippen molar-refractivity contribution >= 4 is 5.84 Å². The molecule has 1 aliphatic heterocycles. The van der Waals surface area contributed by atoms with E-state index in [1.807, 2.05) is 0 Å². The summed E-state index contributed by atoms with van der Waals surface area (Å²) in [5.41, 5.74) is 2.31. The van der Waals surface area contributed by atoms with Crippen LogP contribution in [0.3, 0.4) is 0 Å². The van der Waals surface area contributed by atoms with Crippen molar-refractivity contribution in [2.45, 2.75) is 30.7 Å². The molecule has 0 saturated heterocycles. The maximum Gasteiger partial charge on any atom is 0.283 e. The van der Waals surface area contributed by atoms with Crippen LogP contribution in [-0.2, 0) is 5.54 Å². The Hall–Kier alpha value is -1.59. The van der Waals surface area contributed by atoms with E-state index in [1.165, 1.54) is 24.3 Å². The van der Waals surface area contributed by atoms with E-state index < -0.39 is 24.3 Å². The van der Waals surface area contributed by atoms with Crippen LogP contribution in [0.15, 0.2) is 35.3 Å². The summed E-state index contributed by atoms with van der Waals surface area (Å²) >= 11 is 0. The van der Waals surface area contributed by atoms with Crippen molar-refractivity contribution in [3.8, 4) is 0 Å². The topological polar surface area (TPSA) is 38.4 Å². The van der Waals surface area contributed by atoms with Gasteiger partial charge in [0.05, 0.1) is 5.84 Å². The zero-order valence-corrected chi connectivity index (χ0v) is 9.41. The highest BCUT2D eigenvalue weighted by Gasteiger charge is 2.62. The summed E-state index contributed by atoms with van der Waals surface area (Å²) in [5.74, 6) is -3.78. The van der Waals surface area contributed by atoms with Crippen molar-refractivity contribution < 1.29 is 17.6 Å². The molecule has 0 aromatic heterocycles. The largest absolute Gasteiger partial charge is 0.387 e. The summed E-state index contributed by atoms with van der Waals surface area (Å²) in [5, 5.41) is 0. The van der Waals surface area contributed by atoms with Gasteiger partial charge in [0.25, 0.3) is 12.3 Å². The van der Waals surface area contributed by atoms with Gasteiger partial charge < -0.3 is 5.73 Å². The number of nitrogens with two attached hydrogens (primary N) is 1. The minimum absolute atomic E-state index is 0.162. The zero-order valence-electron chi connectivity index (χ0n) is 9.41. The first-order valence-electron chi connectivity index (χ1n) is 5.46. The maximum absolute atomic E-state index is 14.0. The fraction of sp³-hybridized carbons (Fsp3) is 0.417. The van der Waals surface area contributed by atoms with Gasteiger partial charge in [-0.3, -0.25) is 0 Å². The zero-order chi connectivity index (χ0) is 13.4. The predicted octanol–water partition coefficient (Wildman–Crippen LogP) is 2.93. The SMILES string of the molecule is NC1=NC(c2ccccc2)(C(F)F)C(F)(F)CC1. The Kier molecular flexibility index (Phi) is 3.04. The molecule has 1 heterocycles. The van der Waals surface area contributed by atoms with Gasteiger partial charge in [0.1, 0.15) is 0 Å². The molecule has 0 fully saturated rings. The molecule has 1 aromatic rings. The Labute approximate surface area is 102 Å². The van der Waals surface area contributed by atoms with E-state index in [-0.39, 0.29) is 17.8 Å². The van der Waals surface area contributed by atoms with E-state index >= 15 is 0 Å². The second-order valence-electron chi connectivity index (χ2n) is 4.24. The molecule has 18 heavy (non-hydrogen) atoms. The highest BCUT2D eigenvalue weighted by Crippen LogP contribution is 2.50. The molecule has 2 nitrogen and oxygen atoms in total.